The van der Waals surface area contributed by atoms with E-state index in [1.807, 2.05) is 30.0 Å². The summed E-state index contributed by atoms with van der Waals surface area (Å²) in [7, 11) is 0. The molecular weight excluding hydrogens is 394 g/mol. The van der Waals surface area contributed by atoms with Crippen LogP contribution in [-0.2, 0) is 21.4 Å². The number of hydrogen-bond donors (Lipinski definition) is 1. The number of nitrogens with zero attached hydrogens (tertiary/aromatic N) is 2. The Morgan fingerprint density at radius 3 is 2.73 bits per heavy atom. The molecule has 1 fully saturated rings. The Hall–Kier alpha value is -2.47. The maximum Gasteiger partial charge on any atom is 0.243 e. The van der Waals surface area contributed by atoms with Crippen molar-refractivity contribution in [2.24, 2.45) is 0 Å². The van der Waals surface area contributed by atoms with Crippen molar-refractivity contribution >= 4 is 23.2 Å². The number of nitrogens with one attached hydrogen (secondary N) is 1. The van der Waals surface area contributed by atoms with Gasteiger partial charge in [-0.05, 0) is 50.7 Å². The number of fused-ring (bicyclic) bond motifs is 1. The smallest absolute Gasteiger partial charge is 0.243 e. The fourth-order valence-electron chi connectivity index (χ4n) is 4.84. The van der Waals surface area contributed by atoms with Crippen LogP contribution in [0.4, 0.5) is 0 Å². The summed E-state index contributed by atoms with van der Waals surface area (Å²) >= 11 is 1.74. The summed E-state index contributed by atoms with van der Waals surface area (Å²) in [6.07, 6.45) is 5.97. The largest absolute Gasteiger partial charge is 0.352 e. The number of hydrogen-bond acceptors (Lipinski definition) is 4. The number of thiazole rings is 1. The van der Waals surface area contributed by atoms with Crippen LogP contribution in [-0.4, -0.2) is 41.3 Å². The van der Waals surface area contributed by atoms with Gasteiger partial charge in [-0.3, -0.25) is 9.59 Å². The standard InChI is InChI=1S/C24H29N3O2S/c1-3-21(28)25-16-24(18-8-5-4-6-9-18)12-14-27(15-13-24)23(29)19-10-7-11-20-22(19)26-17(2)30-20/h3-6,8-9,19H,1,7,10-16H2,2H3,(H,25,28). The Balaban J connectivity index is 1.50. The van der Waals surface area contributed by atoms with E-state index >= 15 is 0 Å². The SMILES string of the molecule is C=CC(=O)NCC1(c2ccccc2)CCN(C(=O)C2CCCc3sc(C)nc32)CC1. The van der Waals surface area contributed by atoms with E-state index < -0.39 is 0 Å². The minimum Gasteiger partial charge on any atom is -0.352 e. The summed E-state index contributed by atoms with van der Waals surface area (Å²) in [5.41, 5.74) is 2.08. The van der Waals surface area contributed by atoms with Gasteiger partial charge in [0, 0.05) is 29.9 Å². The number of likely N-dealkylation sites (tertiary alicyclic amines) is 1. The van der Waals surface area contributed by atoms with Crippen LogP contribution < -0.4 is 5.32 Å². The lowest BCUT2D eigenvalue weighted by atomic mass is 9.72. The second kappa shape index (κ2) is 8.72. The van der Waals surface area contributed by atoms with Crippen LogP contribution in [0.2, 0.25) is 0 Å². The van der Waals surface area contributed by atoms with Crippen molar-refractivity contribution in [2.75, 3.05) is 19.6 Å². The molecule has 0 radical (unpaired) electrons. The van der Waals surface area contributed by atoms with Crippen LogP contribution in [0.3, 0.4) is 0 Å². The first-order valence-electron chi connectivity index (χ1n) is 10.7. The summed E-state index contributed by atoms with van der Waals surface area (Å²) in [5.74, 6) is -0.0288. The first-order chi connectivity index (χ1) is 14.5. The van der Waals surface area contributed by atoms with Gasteiger partial charge in [0.25, 0.3) is 0 Å². The number of benzene rings is 1. The molecular formula is C24H29N3O2S. The van der Waals surface area contributed by atoms with Crippen LogP contribution in [0.25, 0.3) is 0 Å². The van der Waals surface area contributed by atoms with E-state index in [2.05, 4.69) is 24.0 Å². The zero-order valence-electron chi connectivity index (χ0n) is 17.5. The third kappa shape index (κ3) is 4.06. The number of aromatic nitrogens is 1. The highest BCUT2D eigenvalue weighted by Gasteiger charge is 2.40. The maximum absolute atomic E-state index is 13.4. The molecule has 2 heterocycles. The molecule has 1 aliphatic carbocycles. The second-order valence-corrected chi connectivity index (χ2v) is 9.67. The van der Waals surface area contributed by atoms with E-state index in [1.165, 1.54) is 16.5 Å². The highest BCUT2D eigenvalue weighted by atomic mass is 32.1. The molecule has 0 bridgehead atoms. The molecule has 1 aliphatic heterocycles. The number of piperidine rings is 1. The Bertz CT molecular complexity index is 929. The van der Waals surface area contributed by atoms with Gasteiger partial charge in [0.15, 0.2) is 0 Å². The minimum atomic E-state index is -0.161. The summed E-state index contributed by atoms with van der Waals surface area (Å²) in [6, 6.07) is 10.3. The van der Waals surface area contributed by atoms with Crippen LogP contribution in [0, 0.1) is 6.92 Å². The van der Waals surface area contributed by atoms with Gasteiger partial charge in [-0.1, -0.05) is 36.9 Å². The lowest BCUT2D eigenvalue weighted by molar-refractivity contribution is -0.135. The third-order valence-corrected chi connectivity index (χ3v) is 7.61. The Labute approximate surface area is 182 Å². The maximum atomic E-state index is 13.4. The highest BCUT2D eigenvalue weighted by molar-refractivity contribution is 7.11. The molecule has 5 nitrogen and oxygen atoms in total. The van der Waals surface area contributed by atoms with Crippen LogP contribution in [0.5, 0.6) is 0 Å². The average molecular weight is 424 g/mol. The molecule has 1 aromatic heterocycles. The van der Waals surface area contributed by atoms with Crippen molar-refractivity contribution in [3.8, 4) is 0 Å². The van der Waals surface area contributed by atoms with Crippen molar-refractivity contribution in [3.63, 3.8) is 0 Å². The topological polar surface area (TPSA) is 62.3 Å². The second-order valence-electron chi connectivity index (χ2n) is 8.38. The predicted molar refractivity (Wildman–Crippen MR) is 120 cm³/mol. The van der Waals surface area contributed by atoms with Crippen LogP contribution in [0.15, 0.2) is 43.0 Å². The predicted octanol–water partition coefficient (Wildman–Crippen LogP) is 3.73. The van der Waals surface area contributed by atoms with Crippen molar-refractivity contribution in [1.29, 1.82) is 0 Å². The molecule has 1 N–H and O–H groups in total. The summed E-state index contributed by atoms with van der Waals surface area (Å²) in [6.45, 7) is 7.54. The van der Waals surface area contributed by atoms with E-state index in [0.29, 0.717) is 19.6 Å². The lowest BCUT2D eigenvalue weighted by Crippen LogP contribution is -2.51. The Morgan fingerprint density at radius 2 is 2.03 bits per heavy atom. The van der Waals surface area contributed by atoms with E-state index in [0.717, 1.165) is 42.8 Å². The van der Waals surface area contributed by atoms with E-state index in [-0.39, 0.29) is 23.1 Å². The summed E-state index contributed by atoms with van der Waals surface area (Å²) < 4.78 is 0. The summed E-state index contributed by atoms with van der Waals surface area (Å²) in [4.78, 5) is 33.2. The Morgan fingerprint density at radius 1 is 1.30 bits per heavy atom. The molecule has 1 unspecified atom stereocenters. The van der Waals surface area contributed by atoms with E-state index in [4.69, 9.17) is 4.98 Å². The number of aryl methyl sites for hydroxylation is 2. The molecule has 0 saturated carbocycles. The minimum absolute atomic E-state index is 0.0941. The van der Waals surface area contributed by atoms with Gasteiger partial charge in [0.1, 0.15) is 0 Å². The molecule has 1 saturated heterocycles. The zero-order valence-corrected chi connectivity index (χ0v) is 18.3. The van der Waals surface area contributed by atoms with Gasteiger partial charge in [-0.2, -0.15) is 0 Å². The molecule has 1 aromatic carbocycles. The number of carbonyl (C=O) groups excluding carboxylic acids is 2. The molecule has 1 atom stereocenters. The quantitative estimate of drug-likeness (QED) is 0.746. The van der Waals surface area contributed by atoms with Gasteiger partial charge in [0.05, 0.1) is 16.6 Å². The normalized spacial score (nSPS) is 20.3. The molecule has 158 valence electrons. The molecule has 4 rings (SSSR count). The van der Waals surface area contributed by atoms with Gasteiger partial charge in [-0.25, -0.2) is 4.98 Å². The van der Waals surface area contributed by atoms with E-state index in [1.54, 1.807) is 11.3 Å². The van der Waals surface area contributed by atoms with Crippen molar-refractivity contribution in [2.45, 2.75) is 50.4 Å². The van der Waals surface area contributed by atoms with Crippen molar-refractivity contribution in [3.05, 3.63) is 64.1 Å². The molecule has 6 heteroatoms. The first kappa shape index (κ1) is 20.8. The number of rotatable bonds is 5. The van der Waals surface area contributed by atoms with E-state index in [9.17, 15) is 9.59 Å². The summed E-state index contributed by atoms with van der Waals surface area (Å²) in [5, 5.41) is 4.05. The van der Waals surface area contributed by atoms with Crippen LogP contribution in [0.1, 0.15) is 52.7 Å². The lowest BCUT2D eigenvalue weighted by Gasteiger charge is -2.43. The average Bonchev–Trinajstić information content (AvgIpc) is 3.18. The molecule has 2 aliphatic rings. The molecule has 30 heavy (non-hydrogen) atoms. The molecule has 2 aromatic rings. The highest BCUT2D eigenvalue weighted by Crippen LogP contribution is 2.39. The monoisotopic (exact) mass is 423 g/mol. The van der Waals surface area contributed by atoms with Crippen molar-refractivity contribution in [1.82, 2.24) is 15.2 Å². The van der Waals surface area contributed by atoms with Gasteiger partial charge >= 0.3 is 0 Å². The fourth-order valence-corrected chi connectivity index (χ4v) is 5.88. The third-order valence-electron chi connectivity index (χ3n) is 6.56. The van der Waals surface area contributed by atoms with Crippen molar-refractivity contribution < 1.29 is 9.59 Å². The van der Waals surface area contributed by atoms with Gasteiger partial charge in [-0.15, -0.1) is 11.3 Å². The first-order valence-corrected chi connectivity index (χ1v) is 11.5. The molecule has 2 amide bonds. The van der Waals surface area contributed by atoms with Gasteiger partial charge in [0.2, 0.25) is 11.8 Å². The Kier molecular flexibility index (Phi) is 6.04. The zero-order chi connectivity index (χ0) is 21.1. The number of amides is 2. The van der Waals surface area contributed by atoms with Crippen LogP contribution >= 0.6 is 11.3 Å². The fraction of sp³-hybridized carbons (Fsp3) is 0.458. The molecule has 0 spiro atoms. The number of carbonyl (C=O) groups is 2. The van der Waals surface area contributed by atoms with Gasteiger partial charge < -0.3 is 10.2 Å².